The number of hydroxylamine groups is 1. The van der Waals surface area contributed by atoms with Gasteiger partial charge in [0.25, 0.3) is 5.91 Å². The fourth-order valence-electron chi connectivity index (χ4n) is 4.20. The van der Waals surface area contributed by atoms with E-state index in [0.29, 0.717) is 16.5 Å². The lowest BCUT2D eigenvalue weighted by Crippen LogP contribution is -2.37. The number of carbonyl (C=O) groups excluding carboxylic acids is 2. The molecule has 0 saturated carbocycles. The Kier molecular flexibility index (Phi) is 4.88. The lowest BCUT2D eigenvalue weighted by Gasteiger charge is -2.28. The molecule has 2 aliphatic heterocycles. The van der Waals surface area contributed by atoms with Crippen molar-refractivity contribution in [2.75, 3.05) is 17.1 Å². The summed E-state index contributed by atoms with van der Waals surface area (Å²) in [5.41, 5.74) is 2.12. The number of hydrogen-bond donors (Lipinski definition) is 0. The van der Waals surface area contributed by atoms with E-state index >= 15 is 0 Å². The zero-order chi connectivity index (χ0) is 21.5. The van der Waals surface area contributed by atoms with Gasteiger partial charge in [-0.25, -0.2) is 9.96 Å². The summed E-state index contributed by atoms with van der Waals surface area (Å²) in [4.78, 5) is 34.1. The number of benzene rings is 3. The first-order chi connectivity index (χ1) is 15.1. The molecule has 2 heterocycles. The van der Waals surface area contributed by atoms with Crippen LogP contribution in [0.15, 0.2) is 78.9 Å². The fourth-order valence-corrected chi connectivity index (χ4v) is 4.33. The summed E-state index contributed by atoms with van der Waals surface area (Å²) in [5, 5.41) is 2.25. The van der Waals surface area contributed by atoms with E-state index in [1.54, 1.807) is 48.6 Å². The van der Waals surface area contributed by atoms with Gasteiger partial charge in [0, 0.05) is 5.02 Å². The number of hydrogen-bond acceptors (Lipinski definition) is 5. The van der Waals surface area contributed by atoms with Crippen LogP contribution in [0, 0.1) is 5.92 Å². The normalized spacial score (nSPS) is 22.7. The fraction of sp³-hybridized carbons (Fsp3) is 0.167. The Morgan fingerprint density at radius 2 is 1.48 bits per heavy atom. The number of amides is 2. The highest BCUT2D eigenvalue weighted by atomic mass is 35.5. The number of rotatable bonds is 4. The van der Waals surface area contributed by atoms with E-state index in [2.05, 4.69) is 0 Å². The summed E-state index contributed by atoms with van der Waals surface area (Å²) in [6.45, 7) is 0. The van der Waals surface area contributed by atoms with Gasteiger partial charge in [-0.2, -0.15) is 0 Å². The molecule has 0 aliphatic carbocycles. The van der Waals surface area contributed by atoms with Crippen molar-refractivity contribution in [1.29, 1.82) is 0 Å². The summed E-state index contributed by atoms with van der Waals surface area (Å²) in [5.74, 6) is -0.689. The van der Waals surface area contributed by atoms with Crippen molar-refractivity contribution < 1.29 is 19.2 Å². The smallest absolute Gasteiger partial charge is 0.266 e. The predicted octanol–water partition coefficient (Wildman–Crippen LogP) is 4.40. The molecule has 0 spiro atoms. The van der Waals surface area contributed by atoms with Gasteiger partial charge in [-0.05, 0) is 54.1 Å². The Morgan fingerprint density at radius 3 is 2.13 bits per heavy atom. The van der Waals surface area contributed by atoms with Gasteiger partial charge in [-0.1, -0.05) is 41.9 Å². The second kappa shape index (κ2) is 7.72. The Morgan fingerprint density at radius 1 is 0.839 bits per heavy atom. The molecule has 3 atom stereocenters. The Labute approximate surface area is 184 Å². The highest BCUT2D eigenvalue weighted by molar-refractivity contribution is 6.30. The van der Waals surface area contributed by atoms with Crippen LogP contribution in [0.4, 0.5) is 11.4 Å². The van der Waals surface area contributed by atoms with Gasteiger partial charge in [-0.15, -0.1) is 0 Å². The van der Waals surface area contributed by atoms with Crippen LogP contribution in [-0.2, 0) is 14.4 Å². The van der Waals surface area contributed by atoms with Crippen molar-refractivity contribution in [3.63, 3.8) is 0 Å². The monoisotopic (exact) mass is 434 g/mol. The summed E-state index contributed by atoms with van der Waals surface area (Å²) in [7, 11) is 1.56. The van der Waals surface area contributed by atoms with Crippen LogP contribution in [0.3, 0.4) is 0 Å². The van der Waals surface area contributed by atoms with Gasteiger partial charge in [0.2, 0.25) is 5.91 Å². The molecule has 2 amide bonds. The minimum atomic E-state index is -0.907. The summed E-state index contributed by atoms with van der Waals surface area (Å²) in [6.07, 6.45) is -0.907. The topological polar surface area (TPSA) is 59.1 Å². The highest BCUT2D eigenvalue weighted by Crippen LogP contribution is 2.47. The standard InChI is InChI=1S/C24H19ClN2O4/c1-30-19-13-11-17(12-14-19)26-23(28)20-21(15-5-3-2-4-6-15)27(31-22(20)24(26)29)18-9-7-16(25)8-10-18/h2-14,20-22H,1H3/t20-,21-,22-/m1/s1. The van der Waals surface area contributed by atoms with Crippen molar-refractivity contribution in [2.45, 2.75) is 12.1 Å². The Hall–Kier alpha value is -3.35. The van der Waals surface area contributed by atoms with Crippen molar-refractivity contribution in [3.05, 3.63) is 89.4 Å². The SMILES string of the molecule is COc1ccc(N2C(=O)[C@@H]3[C@@H](c4ccccc4)N(c4ccc(Cl)cc4)O[C@H]3C2=O)cc1. The third-order valence-electron chi connectivity index (χ3n) is 5.67. The number of methoxy groups -OCH3 is 1. The molecule has 2 fully saturated rings. The number of carbonyl (C=O) groups is 2. The quantitative estimate of drug-likeness (QED) is 0.570. The first kappa shape index (κ1) is 19.6. The number of imide groups is 1. The van der Waals surface area contributed by atoms with E-state index in [1.165, 1.54) is 4.90 Å². The molecule has 7 heteroatoms. The molecule has 3 aromatic carbocycles. The Balaban J connectivity index is 1.55. The van der Waals surface area contributed by atoms with Crippen molar-refractivity contribution in [1.82, 2.24) is 0 Å². The van der Waals surface area contributed by atoms with Gasteiger partial charge in [0.15, 0.2) is 6.10 Å². The molecule has 6 nitrogen and oxygen atoms in total. The second-order valence-corrected chi connectivity index (χ2v) is 7.86. The third kappa shape index (κ3) is 3.24. The number of nitrogens with zero attached hydrogens (tertiary/aromatic N) is 2. The summed E-state index contributed by atoms with van der Waals surface area (Å²) >= 11 is 6.04. The van der Waals surface area contributed by atoms with E-state index in [9.17, 15) is 9.59 Å². The van der Waals surface area contributed by atoms with Gasteiger partial charge in [-0.3, -0.25) is 14.4 Å². The van der Waals surface area contributed by atoms with Crippen molar-refractivity contribution in [2.24, 2.45) is 5.92 Å². The van der Waals surface area contributed by atoms with Crippen molar-refractivity contribution >= 4 is 34.8 Å². The lowest BCUT2D eigenvalue weighted by molar-refractivity contribution is -0.126. The minimum Gasteiger partial charge on any atom is -0.497 e. The number of ether oxygens (including phenoxy) is 1. The molecule has 2 saturated heterocycles. The molecular formula is C24H19ClN2O4. The van der Waals surface area contributed by atoms with Gasteiger partial charge in [0.05, 0.1) is 24.5 Å². The maximum absolute atomic E-state index is 13.5. The van der Waals surface area contributed by atoms with Crippen molar-refractivity contribution in [3.8, 4) is 5.75 Å². The molecule has 0 N–H and O–H groups in total. The van der Waals surface area contributed by atoms with E-state index < -0.39 is 18.1 Å². The van der Waals surface area contributed by atoms with E-state index in [0.717, 1.165) is 11.3 Å². The van der Waals surface area contributed by atoms with Crippen LogP contribution in [-0.4, -0.2) is 25.0 Å². The van der Waals surface area contributed by atoms with Gasteiger partial charge >= 0.3 is 0 Å². The number of halogens is 1. The molecule has 2 aliphatic rings. The van der Waals surface area contributed by atoms with E-state index in [1.807, 2.05) is 42.5 Å². The second-order valence-electron chi connectivity index (χ2n) is 7.42. The zero-order valence-electron chi connectivity index (χ0n) is 16.6. The highest BCUT2D eigenvalue weighted by Gasteiger charge is 2.60. The largest absolute Gasteiger partial charge is 0.497 e. The zero-order valence-corrected chi connectivity index (χ0v) is 17.4. The van der Waals surface area contributed by atoms with Crippen LogP contribution >= 0.6 is 11.6 Å². The minimum absolute atomic E-state index is 0.287. The van der Waals surface area contributed by atoms with Crippen LogP contribution in [0.1, 0.15) is 11.6 Å². The summed E-state index contributed by atoms with van der Waals surface area (Å²) < 4.78 is 5.18. The van der Waals surface area contributed by atoms with E-state index in [4.69, 9.17) is 21.2 Å². The van der Waals surface area contributed by atoms with Crippen LogP contribution in [0.5, 0.6) is 5.75 Å². The third-order valence-corrected chi connectivity index (χ3v) is 5.92. The number of fused-ring (bicyclic) bond motifs is 1. The average Bonchev–Trinajstić information content (AvgIpc) is 3.31. The van der Waals surface area contributed by atoms with Crippen LogP contribution in [0.2, 0.25) is 5.02 Å². The van der Waals surface area contributed by atoms with E-state index in [-0.39, 0.29) is 11.8 Å². The Bertz CT molecular complexity index is 1120. The van der Waals surface area contributed by atoms with Crippen LogP contribution < -0.4 is 14.7 Å². The molecule has 5 rings (SSSR count). The lowest BCUT2D eigenvalue weighted by atomic mass is 9.90. The maximum Gasteiger partial charge on any atom is 0.266 e. The number of anilines is 2. The summed E-state index contributed by atoms with van der Waals surface area (Å²) in [6, 6.07) is 23.1. The molecule has 0 bridgehead atoms. The molecule has 0 aromatic heterocycles. The van der Waals surface area contributed by atoms with Gasteiger partial charge < -0.3 is 4.74 Å². The van der Waals surface area contributed by atoms with Gasteiger partial charge in [0.1, 0.15) is 11.7 Å². The first-order valence-electron chi connectivity index (χ1n) is 9.87. The molecule has 156 valence electrons. The predicted molar refractivity (Wildman–Crippen MR) is 117 cm³/mol. The molecular weight excluding hydrogens is 416 g/mol. The molecule has 31 heavy (non-hydrogen) atoms. The van der Waals surface area contributed by atoms with Crippen LogP contribution in [0.25, 0.3) is 0 Å². The molecule has 0 unspecified atom stereocenters. The average molecular weight is 435 g/mol. The molecule has 3 aromatic rings. The maximum atomic E-state index is 13.5. The molecule has 0 radical (unpaired) electrons. The first-order valence-corrected chi connectivity index (χ1v) is 10.2.